The van der Waals surface area contributed by atoms with Gasteiger partial charge >= 0.3 is 0 Å². The number of nitrogens with zero attached hydrogens (tertiary/aromatic N) is 2. The number of hydrazone groups is 2. The van der Waals surface area contributed by atoms with Gasteiger partial charge in [-0.05, 0) is 12.2 Å². The average Bonchev–Trinajstić information content (AvgIpc) is 2.04. The van der Waals surface area contributed by atoms with Gasteiger partial charge in [-0.1, -0.05) is 13.2 Å². The first kappa shape index (κ1) is 6.54. The van der Waals surface area contributed by atoms with E-state index in [0.29, 0.717) is 11.4 Å². The summed E-state index contributed by atoms with van der Waals surface area (Å²) in [5.74, 6) is 0. The highest BCUT2D eigenvalue weighted by atomic mass is 15.7. The second-order valence-electron chi connectivity index (χ2n) is 1.63. The Morgan fingerprint density at radius 2 is 1.40 bits per heavy atom. The molecule has 0 fully saturated rings. The van der Waals surface area contributed by atoms with Gasteiger partial charge in [-0.15, -0.1) is 0 Å². The second kappa shape index (κ2) is 2.82. The maximum absolute atomic E-state index is 3.84. The van der Waals surface area contributed by atoms with Crippen molar-refractivity contribution < 1.29 is 0 Å². The topological polar surface area (TPSA) is 48.8 Å². The molecule has 0 aliphatic carbocycles. The number of rotatable bonds is 2. The molecule has 0 unspecified atom stereocenters. The SMILES string of the molecule is C=CC1=NNNN=C1C=C. The summed E-state index contributed by atoms with van der Waals surface area (Å²) in [5.41, 5.74) is 6.34. The summed E-state index contributed by atoms with van der Waals surface area (Å²) in [6, 6.07) is 0. The molecule has 0 amide bonds. The predicted octanol–water partition coefficient (Wildman–Crippen LogP) is 0.178. The van der Waals surface area contributed by atoms with E-state index in [0.717, 1.165) is 0 Å². The van der Waals surface area contributed by atoms with Crippen LogP contribution in [0.5, 0.6) is 0 Å². The van der Waals surface area contributed by atoms with E-state index in [9.17, 15) is 0 Å². The standard InChI is InChI=1S/C6H8N4/c1-3-5-6(4-2)8-10-9-7-5/h3-4,9-10H,1-2H2. The number of allylic oxidation sites excluding steroid dienone is 2. The van der Waals surface area contributed by atoms with Gasteiger partial charge in [0.05, 0.1) is 0 Å². The van der Waals surface area contributed by atoms with E-state index in [1.165, 1.54) is 0 Å². The highest BCUT2D eigenvalue weighted by molar-refractivity contribution is 6.50. The summed E-state index contributed by atoms with van der Waals surface area (Å²) in [6.07, 6.45) is 3.21. The minimum atomic E-state index is 0.689. The van der Waals surface area contributed by atoms with Crippen molar-refractivity contribution >= 4 is 11.4 Å². The zero-order valence-electron chi connectivity index (χ0n) is 5.46. The zero-order chi connectivity index (χ0) is 7.40. The van der Waals surface area contributed by atoms with Crippen LogP contribution in [-0.2, 0) is 0 Å². The maximum atomic E-state index is 3.84. The Balaban J connectivity index is 2.86. The first-order valence-corrected chi connectivity index (χ1v) is 2.79. The third-order valence-electron chi connectivity index (χ3n) is 1.05. The first-order valence-electron chi connectivity index (χ1n) is 2.79. The van der Waals surface area contributed by atoms with Crippen molar-refractivity contribution in [2.75, 3.05) is 0 Å². The largest absolute Gasteiger partial charge is 0.204 e. The van der Waals surface area contributed by atoms with E-state index >= 15 is 0 Å². The summed E-state index contributed by atoms with van der Waals surface area (Å²) >= 11 is 0. The van der Waals surface area contributed by atoms with Crippen LogP contribution < -0.4 is 11.1 Å². The van der Waals surface area contributed by atoms with Gasteiger partial charge in [0.2, 0.25) is 0 Å². The van der Waals surface area contributed by atoms with Crippen LogP contribution in [0.25, 0.3) is 0 Å². The Morgan fingerprint density at radius 1 is 1.00 bits per heavy atom. The van der Waals surface area contributed by atoms with Crippen LogP contribution in [-0.4, -0.2) is 11.4 Å². The lowest BCUT2D eigenvalue weighted by Gasteiger charge is -2.08. The normalized spacial score (nSPS) is 15.6. The molecule has 4 nitrogen and oxygen atoms in total. The van der Waals surface area contributed by atoms with Crippen molar-refractivity contribution in [3.05, 3.63) is 25.3 Å². The summed E-state index contributed by atoms with van der Waals surface area (Å²) in [6.45, 7) is 7.11. The third kappa shape index (κ3) is 1.05. The molecule has 0 aromatic heterocycles. The van der Waals surface area contributed by atoms with Crippen LogP contribution >= 0.6 is 0 Å². The van der Waals surface area contributed by atoms with Crippen molar-refractivity contribution in [1.29, 1.82) is 0 Å². The summed E-state index contributed by atoms with van der Waals surface area (Å²) in [7, 11) is 0. The molecule has 1 aliphatic heterocycles. The fourth-order valence-corrected chi connectivity index (χ4v) is 0.585. The second-order valence-corrected chi connectivity index (χ2v) is 1.63. The van der Waals surface area contributed by atoms with Crippen LogP contribution in [0, 0.1) is 0 Å². The smallest absolute Gasteiger partial charge is 0.112 e. The Labute approximate surface area is 59.0 Å². The van der Waals surface area contributed by atoms with Gasteiger partial charge in [-0.3, -0.25) is 0 Å². The molecule has 0 bridgehead atoms. The molecule has 0 radical (unpaired) electrons. The monoisotopic (exact) mass is 136 g/mol. The Kier molecular flexibility index (Phi) is 1.84. The minimum Gasteiger partial charge on any atom is -0.204 e. The van der Waals surface area contributed by atoms with Gasteiger partial charge in [0, 0.05) is 0 Å². The molecule has 1 aliphatic rings. The minimum absolute atomic E-state index is 0.689. The number of hydrazine groups is 1. The maximum Gasteiger partial charge on any atom is 0.112 e. The van der Waals surface area contributed by atoms with Crippen LogP contribution in [0.4, 0.5) is 0 Å². The van der Waals surface area contributed by atoms with E-state index < -0.39 is 0 Å². The Hall–Kier alpha value is -1.58. The molecule has 4 heteroatoms. The van der Waals surface area contributed by atoms with Crippen LogP contribution in [0.2, 0.25) is 0 Å². The molecule has 0 aromatic rings. The van der Waals surface area contributed by atoms with Crippen LogP contribution in [0.1, 0.15) is 0 Å². The molecule has 0 aromatic carbocycles. The molecule has 10 heavy (non-hydrogen) atoms. The van der Waals surface area contributed by atoms with Crippen molar-refractivity contribution in [2.45, 2.75) is 0 Å². The molecule has 0 saturated carbocycles. The van der Waals surface area contributed by atoms with Crippen LogP contribution in [0.15, 0.2) is 35.5 Å². The predicted molar refractivity (Wildman–Crippen MR) is 41.5 cm³/mol. The summed E-state index contributed by atoms with van der Waals surface area (Å²) in [5, 5.41) is 7.67. The van der Waals surface area contributed by atoms with E-state index in [2.05, 4.69) is 34.4 Å². The molecule has 2 N–H and O–H groups in total. The van der Waals surface area contributed by atoms with Gasteiger partial charge in [0.1, 0.15) is 11.4 Å². The van der Waals surface area contributed by atoms with Gasteiger partial charge in [-0.25, -0.2) is 11.1 Å². The molecule has 1 heterocycles. The summed E-state index contributed by atoms with van der Waals surface area (Å²) in [4.78, 5) is 0. The van der Waals surface area contributed by atoms with Crippen molar-refractivity contribution in [1.82, 2.24) is 11.1 Å². The number of hydrogen-bond donors (Lipinski definition) is 2. The molecule has 0 saturated heterocycles. The first-order chi connectivity index (χ1) is 4.88. The zero-order valence-corrected chi connectivity index (χ0v) is 5.46. The molecule has 1 rings (SSSR count). The van der Waals surface area contributed by atoms with Crippen molar-refractivity contribution in [3.63, 3.8) is 0 Å². The fourth-order valence-electron chi connectivity index (χ4n) is 0.585. The van der Waals surface area contributed by atoms with E-state index in [-0.39, 0.29) is 0 Å². The lowest BCUT2D eigenvalue weighted by atomic mass is 10.2. The molecule has 0 atom stereocenters. The van der Waals surface area contributed by atoms with E-state index in [1.54, 1.807) is 12.2 Å². The molecular weight excluding hydrogens is 128 g/mol. The van der Waals surface area contributed by atoms with E-state index in [1.807, 2.05) is 0 Å². The summed E-state index contributed by atoms with van der Waals surface area (Å²) < 4.78 is 0. The average molecular weight is 136 g/mol. The van der Waals surface area contributed by atoms with E-state index in [4.69, 9.17) is 0 Å². The molecule has 52 valence electrons. The van der Waals surface area contributed by atoms with Crippen molar-refractivity contribution in [3.8, 4) is 0 Å². The molecular formula is C6H8N4. The lowest BCUT2D eigenvalue weighted by Crippen LogP contribution is -2.31. The molecule has 0 spiro atoms. The van der Waals surface area contributed by atoms with Crippen molar-refractivity contribution in [2.24, 2.45) is 10.2 Å². The highest BCUT2D eigenvalue weighted by Gasteiger charge is 2.03. The highest BCUT2D eigenvalue weighted by Crippen LogP contribution is 1.89. The van der Waals surface area contributed by atoms with Gasteiger partial charge in [0.15, 0.2) is 0 Å². The third-order valence-corrected chi connectivity index (χ3v) is 1.05. The Morgan fingerprint density at radius 3 is 1.70 bits per heavy atom. The number of nitrogens with one attached hydrogen (secondary N) is 2. The Bertz CT molecular complexity index is 190. The van der Waals surface area contributed by atoms with Gasteiger partial charge in [0.25, 0.3) is 0 Å². The number of hydrogen-bond acceptors (Lipinski definition) is 4. The quantitative estimate of drug-likeness (QED) is 0.568. The van der Waals surface area contributed by atoms with Gasteiger partial charge in [-0.2, -0.15) is 10.2 Å². The van der Waals surface area contributed by atoms with Crippen LogP contribution in [0.3, 0.4) is 0 Å². The fraction of sp³-hybridized carbons (Fsp3) is 0. The van der Waals surface area contributed by atoms with Gasteiger partial charge < -0.3 is 0 Å². The lowest BCUT2D eigenvalue weighted by molar-refractivity contribution is 0.580.